The van der Waals surface area contributed by atoms with Gasteiger partial charge in [-0.3, -0.25) is 0 Å². The summed E-state index contributed by atoms with van der Waals surface area (Å²) >= 11 is 0. The summed E-state index contributed by atoms with van der Waals surface area (Å²) in [5.41, 5.74) is 11.0. The molecule has 0 spiro atoms. The van der Waals surface area contributed by atoms with Gasteiger partial charge in [-0.2, -0.15) is 5.11 Å². The smallest absolute Gasteiger partial charge is 0.123 e. The minimum atomic E-state index is -0.285. The van der Waals surface area contributed by atoms with Crippen molar-refractivity contribution >= 4 is 0 Å². The maximum Gasteiger partial charge on any atom is 0.123 e. The highest BCUT2D eigenvalue weighted by Gasteiger charge is 2.11. The molecule has 2 aromatic rings. The molecule has 0 N–H and O–H groups in total. The average Bonchev–Trinajstić information content (AvgIpc) is 2.33. The molecule has 0 saturated heterocycles. The lowest BCUT2D eigenvalue weighted by Crippen LogP contribution is -1.96. The van der Waals surface area contributed by atoms with Crippen LogP contribution in [0.4, 0.5) is 0 Å². The van der Waals surface area contributed by atoms with E-state index in [1.807, 2.05) is 60.7 Å². The van der Waals surface area contributed by atoms with Gasteiger partial charge in [-0.15, -0.1) is 0 Å². The van der Waals surface area contributed by atoms with Crippen molar-refractivity contribution in [2.24, 2.45) is 5.11 Å². The highest BCUT2D eigenvalue weighted by molar-refractivity contribution is 5.31. The highest BCUT2D eigenvalue weighted by atomic mass is 15.0. The van der Waals surface area contributed by atoms with E-state index in [2.05, 4.69) is 5.11 Å². The van der Waals surface area contributed by atoms with Crippen LogP contribution in [0.5, 0.6) is 0 Å². The van der Waals surface area contributed by atoms with Gasteiger partial charge in [0.1, 0.15) is 6.04 Å². The maximum atomic E-state index is 9.06. The molecule has 2 rings (SSSR count). The van der Waals surface area contributed by atoms with Crippen molar-refractivity contribution in [1.82, 2.24) is 5.53 Å². The predicted molar refractivity (Wildman–Crippen MR) is 59.3 cm³/mol. The molecule has 0 unspecified atom stereocenters. The van der Waals surface area contributed by atoms with Crippen LogP contribution in [-0.4, -0.2) is 0 Å². The zero-order chi connectivity index (χ0) is 10.5. The van der Waals surface area contributed by atoms with Crippen LogP contribution in [0.2, 0.25) is 0 Å². The number of benzene rings is 2. The van der Waals surface area contributed by atoms with Gasteiger partial charge in [-0.25, -0.2) is 0 Å². The Kier molecular flexibility index (Phi) is 2.88. The Hall–Kier alpha value is -1.96. The van der Waals surface area contributed by atoms with Crippen LogP contribution >= 0.6 is 0 Å². The Balaban J connectivity index is 2.38. The Morgan fingerprint density at radius 1 is 0.733 bits per heavy atom. The summed E-state index contributed by atoms with van der Waals surface area (Å²) < 4.78 is 0. The summed E-state index contributed by atoms with van der Waals surface area (Å²) in [7, 11) is 0. The van der Waals surface area contributed by atoms with E-state index in [0.717, 1.165) is 11.1 Å². The maximum absolute atomic E-state index is 9.06. The standard InChI is InChI=1S/C13H11N2/c14-15-13(11-7-3-1-4-8-11)12-9-5-2-6-10-12/h1-10,13H. The molecule has 15 heavy (non-hydrogen) atoms. The topological polar surface area (TPSA) is 34.7 Å². The summed E-state index contributed by atoms with van der Waals surface area (Å²) in [6.45, 7) is 0. The van der Waals surface area contributed by atoms with E-state index in [-0.39, 0.29) is 6.04 Å². The zero-order valence-electron chi connectivity index (χ0n) is 8.25. The van der Waals surface area contributed by atoms with Crippen molar-refractivity contribution in [1.29, 1.82) is 0 Å². The number of rotatable bonds is 3. The first-order valence-electron chi connectivity index (χ1n) is 4.86. The second-order valence-electron chi connectivity index (χ2n) is 3.34. The van der Waals surface area contributed by atoms with E-state index in [9.17, 15) is 0 Å². The first-order chi connectivity index (χ1) is 7.42. The van der Waals surface area contributed by atoms with E-state index in [1.54, 1.807) is 0 Å². The first kappa shape index (κ1) is 9.59. The van der Waals surface area contributed by atoms with Gasteiger partial charge in [-0.05, 0) is 16.7 Å². The van der Waals surface area contributed by atoms with Crippen LogP contribution in [0.1, 0.15) is 17.2 Å². The van der Waals surface area contributed by atoms with Crippen molar-refractivity contribution < 1.29 is 0 Å². The second kappa shape index (κ2) is 4.51. The molecular weight excluding hydrogens is 184 g/mol. The molecule has 0 fully saturated rings. The Bertz CT molecular complexity index is 383. The van der Waals surface area contributed by atoms with Crippen LogP contribution < -0.4 is 5.53 Å². The molecule has 0 amide bonds. The summed E-state index contributed by atoms with van der Waals surface area (Å²) in [6, 6.07) is 19.2. The van der Waals surface area contributed by atoms with E-state index < -0.39 is 0 Å². The highest BCUT2D eigenvalue weighted by Crippen LogP contribution is 2.24. The lowest BCUT2D eigenvalue weighted by atomic mass is 10.00. The molecular formula is C13H11N2. The van der Waals surface area contributed by atoms with Gasteiger partial charge >= 0.3 is 0 Å². The van der Waals surface area contributed by atoms with Gasteiger partial charge < -0.3 is 0 Å². The van der Waals surface area contributed by atoms with E-state index in [0.29, 0.717) is 0 Å². The average molecular weight is 195 g/mol. The molecule has 0 aromatic heterocycles. The van der Waals surface area contributed by atoms with Gasteiger partial charge in [-0.1, -0.05) is 60.7 Å². The van der Waals surface area contributed by atoms with Crippen LogP contribution in [0, 0.1) is 0 Å². The van der Waals surface area contributed by atoms with Crippen LogP contribution in [0.3, 0.4) is 0 Å². The van der Waals surface area contributed by atoms with Crippen LogP contribution in [0.25, 0.3) is 0 Å². The lowest BCUT2D eigenvalue weighted by molar-refractivity contribution is 0.816. The van der Waals surface area contributed by atoms with E-state index >= 15 is 0 Å². The second-order valence-corrected chi connectivity index (χ2v) is 3.34. The normalized spacial score (nSPS) is 10.2. The summed E-state index contributed by atoms with van der Waals surface area (Å²) in [5.74, 6) is 0. The molecule has 0 aliphatic rings. The zero-order valence-corrected chi connectivity index (χ0v) is 8.25. The molecule has 2 nitrogen and oxygen atoms in total. The quantitative estimate of drug-likeness (QED) is 0.675. The summed E-state index contributed by atoms with van der Waals surface area (Å²) in [5, 5.41) is 3.43. The minimum absolute atomic E-state index is 0.285. The Morgan fingerprint density at radius 2 is 1.13 bits per heavy atom. The molecule has 2 heteroatoms. The third-order valence-electron chi connectivity index (χ3n) is 2.35. The molecule has 0 saturated carbocycles. The van der Waals surface area contributed by atoms with Gasteiger partial charge in [0.2, 0.25) is 0 Å². The molecule has 0 aliphatic heterocycles. The molecule has 2 aromatic carbocycles. The van der Waals surface area contributed by atoms with Gasteiger partial charge in [0.15, 0.2) is 0 Å². The molecule has 0 bridgehead atoms. The fourth-order valence-corrected chi connectivity index (χ4v) is 1.60. The summed E-state index contributed by atoms with van der Waals surface area (Å²) in [4.78, 5) is 0. The van der Waals surface area contributed by atoms with E-state index in [1.165, 1.54) is 0 Å². The van der Waals surface area contributed by atoms with Crippen molar-refractivity contribution in [2.45, 2.75) is 6.04 Å². The SMILES string of the molecule is [N]=NC(c1ccccc1)c1ccccc1. The summed E-state index contributed by atoms with van der Waals surface area (Å²) in [6.07, 6.45) is 0. The first-order valence-corrected chi connectivity index (χ1v) is 4.86. The Morgan fingerprint density at radius 3 is 1.47 bits per heavy atom. The monoisotopic (exact) mass is 195 g/mol. The van der Waals surface area contributed by atoms with Crippen LogP contribution in [-0.2, 0) is 0 Å². The van der Waals surface area contributed by atoms with Gasteiger partial charge in [0.05, 0.1) is 0 Å². The molecule has 73 valence electrons. The van der Waals surface area contributed by atoms with Crippen molar-refractivity contribution in [3.05, 3.63) is 71.8 Å². The third kappa shape index (κ3) is 2.10. The van der Waals surface area contributed by atoms with Crippen LogP contribution in [0.15, 0.2) is 65.8 Å². The lowest BCUT2D eigenvalue weighted by Gasteiger charge is -2.10. The van der Waals surface area contributed by atoms with E-state index in [4.69, 9.17) is 5.53 Å². The van der Waals surface area contributed by atoms with Crippen molar-refractivity contribution in [2.75, 3.05) is 0 Å². The molecule has 0 aliphatic carbocycles. The van der Waals surface area contributed by atoms with Gasteiger partial charge in [0, 0.05) is 0 Å². The number of hydrogen-bond acceptors (Lipinski definition) is 1. The van der Waals surface area contributed by atoms with Crippen molar-refractivity contribution in [3.63, 3.8) is 0 Å². The predicted octanol–water partition coefficient (Wildman–Crippen LogP) is 3.03. The largest absolute Gasteiger partial charge is 0.154 e. The fraction of sp³-hybridized carbons (Fsp3) is 0.0769. The molecule has 1 radical (unpaired) electrons. The number of nitrogens with zero attached hydrogens (tertiary/aromatic N) is 2. The Labute approximate surface area is 89.1 Å². The number of hydrogen-bond donors (Lipinski definition) is 0. The van der Waals surface area contributed by atoms with Gasteiger partial charge in [0.25, 0.3) is 0 Å². The molecule has 0 atom stereocenters. The minimum Gasteiger partial charge on any atom is -0.154 e. The van der Waals surface area contributed by atoms with Crippen molar-refractivity contribution in [3.8, 4) is 0 Å². The fourth-order valence-electron chi connectivity index (χ4n) is 1.60. The molecule has 0 heterocycles. The third-order valence-corrected chi connectivity index (χ3v) is 2.35.